The number of piperidine rings is 1. The van der Waals surface area contributed by atoms with E-state index >= 15 is 0 Å². The van der Waals surface area contributed by atoms with Crippen molar-refractivity contribution in [3.05, 3.63) is 0 Å². The molecule has 4 heteroatoms. The van der Waals surface area contributed by atoms with Crippen LogP contribution in [0.1, 0.15) is 19.3 Å². The van der Waals surface area contributed by atoms with Gasteiger partial charge in [-0.05, 0) is 44.8 Å². The number of rotatable bonds is 3. The Bertz CT molecular complexity index is 214. The van der Waals surface area contributed by atoms with Gasteiger partial charge in [0.1, 0.15) is 0 Å². The van der Waals surface area contributed by atoms with Crippen LogP contribution in [0.4, 0.5) is 0 Å². The summed E-state index contributed by atoms with van der Waals surface area (Å²) in [5.41, 5.74) is 0. The number of carbonyl (C=O) groups excluding carboxylic acids is 1. The fraction of sp³-hybridized carbons (Fsp3) is 0.909. The van der Waals surface area contributed by atoms with Gasteiger partial charge in [0.05, 0.1) is 6.54 Å². The van der Waals surface area contributed by atoms with Crippen LogP contribution in [0, 0.1) is 5.92 Å². The number of hydrogen-bond donors (Lipinski definition) is 2. The fourth-order valence-corrected chi connectivity index (χ4v) is 2.42. The molecular formula is C11H21N3O. The zero-order chi connectivity index (χ0) is 10.5. The highest BCUT2D eigenvalue weighted by Gasteiger charge is 2.18. The third-order valence-electron chi connectivity index (χ3n) is 3.37. The molecule has 0 aromatic rings. The minimum atomic E-state index is 0.183. The van der Waals surface area contributed by atoms with E-state index in [0.29, 0.717) is 6.54 Å². The predicted molar refractivity (Wildman–Crippen MR) is 59.7 cm³/mol. The van der Waals surface area contributed by atoms with Crippen molar-refractivity contribution in [1.29, 1.82) is 0 Å². The maximum Gasteiger partial charge on any atom is 0.234 e. The molecule has 15 heavy (non-hydrogen) atoms. The minimum Gasteiger partial charge on any atom is -0.354 e. The van der Waals surface area contributed by atoms with Crippen molar-refractivity contribution in [2.24, 2.45) is 5.92 Å². The highest BCUT2D eigenvalue weighted by Crippen LogP contribution is 2.14. The quantitative estimate of drug-likeness (QED) is 0.680. The van der Waals surface area contributed by atoms with Gasteiger partial charge >= 0.3 is 0 Å². The highest BCUT2D eigenvalue weighted by atomic mass is 16.2. The van der Waals surface area contributed by atoms with E-state index in [0.717, 1.165) is 25.6 Å². The standard InChI is InChI=1S/C11H21N3O/c15-11-9-14(7-5-13-11)6-3-10-2-1-4-12-8-10/h10,12H,1-9H2,(H,13,15). The van der Waals surface area contributed by atoms with Crippen LogP contribution in [0.15, 0.2) is 0 Å². The summed E-state index contributed by atoms with van der Waals surface area (Å²) < 4.78 is 0. The van der Waals surface area contributed by atoms with E-state index in [9.17, 15) is 4.79 Å². The van der Waals surface area contributed by atoms with Gasteiger partial charge in [0.15, 0.2) is 0 Å². The number of amides is 1. The first-order chi connectivity index (χ1) is 7.34. The molecular weight excluding hydrogens is 190 g/mol. The predicted octanol–water partition coefficient (Wildman–Crippen LogP) is -0.192. The average molecular weight is 211 g/mol. The van der Waals surface area contributed by atoms with Gasteiger partial charge < -0.3 is 10.6 Å². The van der Waals surface area contributed by atoms with Gasteiger partial charge in [0, 0.05) is 13.1 Å². The Labute approximate surface area is 91.4 Å². The SMILES string of the molecule is O=C1CN(CCC2CCCNC2)CCN1. The molecule has 0 aromatic carbocycles. The van der Waals surface area contributed by atoms with Crippen molar-refractivity contribution in [3.63, 3.8) is 0 Å². The van der Waals surface area contributed by atoms with Crippen molar-refractivity contribution >= 4 is 5.91 Å². The lowest BCUT2D eigenvalue weighted by molar-refractivity contribution is -0.124. The first-order valence-corrected chi connectivity index (χ1v) is 6.04. The summed E-state index contributed by atoms with van der Waals surface area (Å²) in [6.45, 7) is 5.87. The van der Waals surface area contributed by atoms with Crippen molar-refractivity contribution in [2.45, 2.75) is 19.3 Å². The Balaban J connectivity index is 1.65. The van der Waals surface area contributed by atoms with Crippen LogP contribution in [-0.2, 0) is 4.79 Å². The zero-order valence-corrected chi connectivity index (χ0v) is 9.30. The average Bonchev–Trinajstić information content (AvgIpc) is 2.28. The summed E-state index contributed by atoms with van der Waals surface area (Å²) in [5.74, 6) is 1.01. The molecule has 0 radical (unpaired) electrons. The second kappa shape index (κ2) is 5.47. The molecule has 1 unspecified atom stereocenters. The van der Waals surface area contributed by atoms with Gasteiger partial charge in [-0.15, -0.1) is 0 Å². The van der Waals surface area contributed by atoms with Crippen LogP contribution in [-0.4, -0.2) is 50.1 Å². The molecule has 1 amide bonds. The summed E-state index contributed by atoms with van der Waals surface area (Å²) in [4.78, 5) is 13.4. The van der Waals surface area contributed by atoms with E-state index in [2.05, 4.69) is 15.5 Å². The van der Waals surface area contributed by atoms with Crippen molar-refractivity contribution in [1.82, 2.24) is 15.5 Å². The Kier molecular flexibility index (Phi) is 3.97. The largest absolute Gasteiger partial charge is 0.354 e. The minimum absolute atomic E-state index is 0.183. The summed E-state index contributed by atoms with van der Waals surface area (Å²) in [6.07, 6.45) is 3.90. The Morgan fingerprint density at radius 3 is 3.07 bits per heavy atom. The molecule has 2 aliphatic heterocycles. The van der Waals surface area contributed by atoms with Gasteiger partial charge in [0.2, 0.25) is 5.91 Å². The summed E-state index contributed by atoms with van der Waals surface area (Å²) >= 11 is 0. The molecule has 4 nitrogen and oxygen atoms in total. The number of nitrogens with zero attached hydrogens (tertiary/aromatic N) is 1. The monoisotopic (exact) mass is 211 g/mol. The Morgan fingerprint density at radius 1 is 1.40 bits per heavy atom. The van der Waals surface area contributed by atoms with E-state index < -0.39 is 0 Å². The van der Waals surface area contributed by atoms with Crippen LogP contribution in [0.3, 0.4) is 0 Å². The zero-order valence-electron chi connectivity index (χ0n) is 9.30. The normalized spacial score (nSPS) is 28.8. The van der Waals surface area contributed by atoms with Gasteiger partial charge in [-0.25, -0.2) is 0 Å². The van der Waals surface area contributed by atoms with E-state index in [1.807, 2.05) is 0 Å². The molecule has 0 bridgehead atoms. The van der Waals surface area contributed by atoms with E-state index in [4.69, 9.17) is 0 Å². The molecule has 0 saturated carbocycles. The highest BCUT2D eigenvalue weighted by molar-refractivity contribution is 5.78. The number of carbonyl (C=O) groups is 1. The molecule has 0 spiro atoms. The maximum atomic E-state index is 11.2. The van der Waals surface area contributed by atoms with Crippen LogP contribution >= 0.6 is 0 Å². The van der Waals surface area contributed by atoms with E-state index in [1.165, 1.54) is 32.4 Å². The van der Waals surface area contributed by atoms with E-state index in [-0.39, 0.29) is 5.91 Å². The molecule has 2 heterocycles. The van der Waals surface area contributed by atoms with Crippen molar-refractivity contribution in [2.75, 3.05) is 39.3 Å². The lowest BCUT2D eigenvalue weighted by Gasteiger charge is -2.29. The Morgan fingerprint density at radius 2 is 2.33 bits per heavy atom. The molecule has 1 atom stereocenters. The molecule has 2 fully saturated rings. The lowest BCUT2D eigenvalue weighted by Crippen LogP contribution is -2.48. The van der Waals surface area contributed by atoms with Gasteiger partial charge in [-0.1, -0.05) is 0 Å². The first-order valence-electron chi connectivity index (χ1n) is 6.04. The molecule has 86 valence electrons. The second-order valence-corrected chi connectivity index (χ2v) is 4.63. The first kappa shape index (κ1) is 10.9. The summed E-state index contributed by atoms with van der Waals surface area (Å²) in [7, 11) is 0. The number of piperazine rings is 1. The topological polar surface area (TPSA) is 44.4 Å². The lowest BCUT2D eigenvalue weighted by atomic mass is 9.96. The van der Waals surface area contributed by atoms with Crippen molar-refractivity contribution < 1.29 is 4.79 Å². The molecule has 0 aliphatic carbocycles. The molecule has 2 aliphatic rings. The van der Waals surface area contributed by atoms with Crippen LogP contribution < -0.4 is 10.6 Å². The number of nitrogens with one attached hydrogen (secondary N) is 2. The van der Waals surface area contributed by atoms with E-state index in [1.54, 1.807) is 0 Å². The van der Waals surface area contributed by atoms with Gasteiger partial charge in [-0.2, -0.15) is 0 Å². The molecule has 2 N–H and O–H groups in total. The second-order valence-electron chi connectivity index (χ2n) is 4.63. The molecule has 2 rings (SSSR count). The van der Waals surface area contributed by atoms with Crippen LogP contribution in [0.5, 0.6) is 0 Å². The van der Waals surface area contributed by atoms with Gasteiger partial charge in [-0.3, -0.25) is 9.69 Å². The Hall–Kier alpha value is -0.610. The number of hydrogen-bond acceptors (Lipinski definition) is 3. The van der Waals surface area contributed by atoms with Crippen LogP contribution in [0.25, 0.3) is 0 Å². The van der Waals surface area contributed by atoms with Gasteiger partial charge in [0.25, 0.3) is 0 Å². The summed E-state index contributed by atoms with van der Waals surface area (Å²) in [6, 6.07) is 0. The fourth-order valence-electron chi connectivity index (χ4n) is 2.42. The molecule has 2 saturated heterocycles. The van der Waals surface area contributed by atoms with Crippen molar-refractivity contribution in [3.8, 4) is 0 Å². The van der Waals surface area contributed by atoms with Crippen LogP contribution in [0.2, 0.25) is 0 Å². The molecule has 0 aromatic heterocycles. The third-order valence-corrected chi connectivity index (χ3v) is 3.37. The maximum absolute atomic E-state index is 11.2. The summed E-state index contributed by atoms with van der Waals surface area (Å²) in [5, 5.41) is 6.29. The third kappa shape index (κ3) is 3.47. The smallest absolute Gasteiger partial charge is 0.234 e.